The molecule has 60 valence electrons. The molecule has 0 heterocycles. The van der Waals surface area contributed by atoms with E-state index in [1.54, 1.807) is 0 Å². The van der Waals surface area contributed by atoms with Gasteiger partial charge in [0.15, 0.2) is 0 Å². The molecule has 0 rings (SSSR count). The van der Waals surface area contributed by atoms with Crippen LogP contribution in [0.15, 0.2) is 0 Å². The number of carbonyl (C=O) groups is 1. The van der Waals surface area contributed by atoms with Gasteiger partial charge in [0.05, 0.1) is 12.8 Å². The Bertz CT molecular complexity index is 104. The van der Waals surface area contributed by atoms with Crippen molar-refractivity contribution in [2.24, 2.45) is 11.5 Å². The van der Waals surface area contributed by atoms with Crippen molar-refractivity contribution in [1.82, 2.24) is 0 Å². The lowest BCUT2D eigenvalue weighted by Gasteiger charge is -2.03. The lowest BCUT2D eigenvalue weighted by molar-refractivity contribution is -0.141. The second-order valence-corrected chi connectivity index (χ2v) is 2.15. The average molecular weight is 146 g/mol. The summed E-state index contributed by atoms with van der Waals surface area (Å²) in [6, 6.07) is 0. The maximum absolute atomic E-state index is 10.2. The van der Waals surface area contributed by atoms with E-state index in [-0.39, 0.29) is 12.1 Å². The fraction of sp³-hybridized carbons (Fsp3) is 0.833. The minimum Gasteiger partial charge on any atom is -0.466 e. The second kappa shape index (κ2) is 5.20. The van der Waals surface area contributed by atoms with Crippen LogP contribution in [-0.2, 0) is 9.53 Å². The van der Waals surface area contributed by atoms with E-state index in [2.05, 4.69) is 4.74 Å². The molecule has 4 nitrogen and oxygen atoms in total. The van der Waals surface area contributed by atoms with Gasteiger partial charge < -0.3 is 16.2 Å². The van der Waals surface area contributed by atoms with Gasteiger partial charge in [-0.3, -0.25) is 4.79 Å². The number of nitrogens with two attached hydrogens (primary N) is 2. The Morgan fingerprint density at radius 1 is 1.60 bits per heavy atom. The summed E-state index contributed by atoms with van der Waals surface area (Å²) in [6.45, 7) is 1.79. The van der Waals surface area contributed by atoms with Crippen LogP contribution in [0.1, 0.15) is 19.8 Å². The largest absolute Gasteiger partial charge is 0.466 e. The van der Waals surface area contributed by atoms with Crippen molar-refractivity contribution in [2.75, 3.05) is 6.61 Å². The lowest BCUT2D eigenvalue weighted by Crippen LogP contribution is -2.30. The fourth-order valence-corrected chi connectivity index (χ4v) is 0.535. The molecule has 0 bridgehead atoms. The van der Waals surface area contributed by atoms with Gasteiger partial charge in [-0.1, -0.05) is 0 Å². The molecule has 4 heteroatoms. The number of hydrogen-bond acceptors (Lipinski definition) is 4. The van der Waals surface area contributed by atoms with Crippen LogP contribution in [0, 0.1) is 0 Å². The van der Waals surface area contributed by atoms with Crippen LogP contribution < -0.4 is 11.5 Å². The van der Waals surface area contributed by atoms with Crippen molar-refractivity contribution in [3.05, 3.63) is 0 Å². The number of hydrogen-bond donors (Lipinski definition) is 2. The summed E-state index contributed by atoms with van der Waals surface area (Å²) in [6.07, 6.45) is 1.13. The molecule has 0 aliphatic heterocycles. The topological polar surface area (TPSA) is 78.3 Å². The molecule has 0 aliphatic carbocycles. The summed E-state index contributed by atoms with van der Waals surface area (Å²) in [5.74, 6) is -0.259. The van der Waals surface area contributed by atoms with Crippen LogP contribution in [-0.4, -0.2) is 18.7 Å². The average Bonchev–Trinajstić information content (AvgIpc) is 1.79. The van der Waals surface area contributed by atoms with E-state index < -0.39 is 0 Å². The predicted octanol–water partition coefficient (Wildman–Crippen LogP) is -0.427. The number of esters is 1. The summed E-state index contributed by atoms with van der Waals surface area (Å²) in [4.78, 5) is 10.2. The van der Waals surface area contributed by atoms with Gasteiger partial charge in [-0.15, -0.1) is 0 Å². The second-order valence-electron chi connectivity index (χ2n) is 2.15. The molecule has 0 saturated carbocycles. The summed E-state index contributed by atoms with van der Waals surface area (Å²) >= 11 is 0. The lowest BCUT2D eigenvalue weighted by atomic mass is 10.3. The van der Waals surface area contributed by atoms with Crippen LogP contribution in [0.4, 0.5) is 0 Å². The van der Waals surface area contributed by atoms with E-state index in [1.807, 2.05) is 0 Å². The molecule has 0 saturated heterocycles. The van der Waals surface area contributed by atoms with Gasteiger partial charge in [-0.25, -0.2) is 0 Å². The molecule has 0 atom stereocenters. The Morgan fingerprint density at radius 3 is 2.60 bits per heavy atom. The number of ether oxygens (including phenoxy) is 1. The third-order valence-electron chi connectivity index (χ3n) is 0.987. The third-order valence-corrected chi connectivity index (χ3v) is 0.987. The predicted molar refractivity (Wildman–Crippen MR) is 38.0 cm³/mol. The standard InChI is InChI=1S/C6H14N2O2/c1-5(9)10-4-2-3-6(7)8/h6H,2-4,7-8H2,1H3. The van der Waals surface area contributed by atoms with Gasteiger partial charge >= 0.3 is 5.97 Å². The first kappa shape index (κ1) is 9.39. The fourth-order valence-electron chi connectivity index (χ4n) is 0.535. The SMILES string of the molecule is CC(=O)OCCCC(N)N. The third kappa shape index (κ3) is 7.39. The molecule has 0 aliphatic rings. The minimum atomic E-state index is -0.296. The van der Waals surface area contributed by atoms with Crippen LogP contribution in [0.3, 0.4) is 0 Å². The summed E-state index contributed by atoms with van der Waals surface area (Å²) < 4.78 is 4.64. The van der Waals surface area contributed by atoms with Crippen LogP contribution >= 0.6 is 0 Å². The van der Waals surface area contributed by atoms with Crippen molar-refractivity contribution in [3.8, 4) is 0 Å². The molecular weight excluding hydrogens is 132 g/mol. The molecule has 0 aromatic carbocycles. The van der Waals surface area contributed by atoms with Gasteiger partial charge in [0.2, 0.25) is 0 Å². The van der Waals surface area contributed by atoms with E-state index in [0.717, 1.165) is 6.42 Å². The normalized spacial score (nSPS) is 10.0. The van der Waals surface area contributed by atoms with Crippen molar-refractivity contribution in [3.63, 3.8) is 0 Å². The highest BCUT2D eigenvalue weighted by atomic mass is 16.5. The number of carbonyl (C=O) groups excluding carboxylic acids is 1. The zero-order valence-electron chi connectivity index (χ0n) is 6.17. The molecule has 0 amide bonds. The molecule has 0 aromatic rings. The quantitative estimate of drug-likeness (QED) is 0.320. The Labute approximate surface area is 60.5 Å². The van der Waals surface area contributed by atoms with Gasteiger partial charge in [0.25, 0.3) is 0 Å². The first-order chi connectivity index (χ1) is 4.63. The summed E-state index contributed by atoms with van der Waals surface area (Å²) in [5.41, 5.74) is 10.5. The first-order valence-electron chi connectivity index (χ1n) is 3.27. The van der Waals surface area contributed by atoms with E-state index in [9.17, 15) is 4.79 Å². The van der Waals surface area contributed by atoms with E-state index in [1.165, 1.54) is 6.92 Å². The van der Waals surface area contributed by atoms with Gasteiger partial charge in [-0.05, 0) is 12.8 Å². The molecule has 0 fully saturated rings. The van der Waals surface area contributed by atoms with Gasteiger partial charge in [0, 0.05) is 6.92 Å². The maximum Gasteiger partial charge on any atom is 0.302 e. The van der Waals surface area contributed by atoms with E-state index >= 15 is 0 Å². The van der Waals surface area contributed by atoms with E-state index in [4.69, 9.17) is 11.5 Å². The highest BCUT2D eigenvalue weighted by Crippen LogP contribution is 1.90. The minimum absolute atomic E-state index is 0.259. The zero-order valence-corrected chi connectivity index (χ0v) is 6.17. The maximum atomic E-state index is 10.2. The molecule has 0 radical (unpaired) electrons. The van der Waals surface area contributed by atoms with Crippen molar-refractivity contribution in [1.29, 1.82) is 0 Å². The smallest absolute Gasteiger partial charge is 0.302 e. The molecule has 0 spiro atoms. The molecule has 10 heavy (non-hydrogen) atoms. The van der Waals surface area contributed by atoms with Crippen molar-refractivity contribution in [2.45, 2.75) is 25.9 Å². The summed E-state index contributed by atoms with van der Waals surface area (Å²) in [5, 5.41) is 0. The highest BCUT2D eigenvalue weighted by molar-refractivity contribution is 5.65. The Kier molecular flexibility index (Phi) is 4.88. The zero-order chi connectivity index (χ0) is 7.98. The van der Waals surface area contributed by atoms with Gasteiger partial charge in [-0.2, -0.15) is 0 Å². The van der Waals surface area contributed by atoms with Crippen molar-refractivity contribution >= 4 is 5.97 Å². The Hall–Kier alpha value is -0.610. The summed E-state index contributed by atoms with van der Waals surface area (Å²) in [7, 11) is 0. The molecule has 0 aromatic heterocycles. The molecule has 4 N–H and O–H groups in total. The van der Waals surface area contributed by atoms with Crippen LogP contribution in [0.25, 0.3) is 0 Å². The van der Waals surface area contributed by atoms with Gasteiger partial charge in [0.1, 0.15) is 0 Å². The van der Waals surface area contributed by atoms with Crippen LogP contribution in [0.5, 0.6) is 0 Å². The number of rotatable bonds is 4. The van der Waals surface area contributed by atoms with Crippen molar-refractivity contribution < 1.29 is 9.53 Å². The van der Waals surface area contributed by atoms with Crippen LogP contribution in [0.2, 0.25) is 0 Å². The highest BCUT2D eigenvalue weighted by Gasteiger charge is 1.95. The Morgan fingerprint density at radius 2 is 2.20 bits per heavy atom. The Balaban J connectivity index is 2.98. The molecular formula is C6H14N2O2. The first-order valence-corrected chi connectivity index (χ1v) is 3.27. The van der Waals surface area contributed by atoms with E-state index in [0.29, 0.717) is 13.0 Å². The molecule has 0 unspecified atom stereocenters. The monoisotopic (exact) mass is 146 g/mol.